The predicted molar refractivity (Wildman–Crippen MR) is 309 cm³/mol. The van der Waals surface area contributed by atoms with E-state index in [1.807, 2.05) is 152 Å². The van der Waals surface area contributed by atoms with Crippen LogP contribution in [0.1, 0.15) is 72.1 Å². The minimum absolute atomic E-state index is 0.0782. The number of aliphatic imine (C=N–C) groups is 1. The van der Waals surface area contributed by atoms with E-state index in [1.165, 1.54) is 0 Å². The molecule has 9 rings (SSSR count). The molecule has 0 fully saturated rings. The number of aromatic nitrogens is 2. The minimum Gasteiger partial charge on any atom is -0.399 e. The number of allylic oxidation sites excluding steroid dienone is 4. The number of para-hydroxylation sites is 2. The van der Waals surface area contributed by atoms with Gasteiger partial charge in [0.15, 0.2) is 0 Å². The molecule has 8 aromatic rings. The van der Waals surface area contributed by atoms with Crippen LogP contribution in [0.3, 0.4) is 0 Å². The number of benzene rings is 7. The highest BCUT2D eigenvalue weighted by atomic mass is 16.2. The summed E-state index contributed by atoms with van der Waals surface area (Å²) in [5.74, 6) is -0.159. The quantitative estimate of drug-likeness (QED) is 0.0143. The van der Waals surface area contributed by atoms with E-state index in [0.29, 0.717) is 35.6 Å². The van der Waals surface area contributed by atoms with Crippen molar-refractivity contribution >= 4 is 73.7 Å². The van der Waals surface area contributed by atoms with Gasteiger partial charge in [0, 0.05) is 90.0 Å². The van der Waals surface area contributed by atoms with E-state index in [-0.39, 0.29) is 11.8 Å². The number of carbonyl (C=O) groups excluding carboxylic acids is 2. The predicted octanol–water partition coefficient (Wildman–Crippen LogP) is 12.3. The SMILES string of the molecule is C=C1C=C(NCCCCCCNC(=O)c2ccc(-c3ccc(C(=O)NCCCCCCNc4ccc5nc6ccc(N)cc6[n+](-c6ccccc6)c5c4)cc3)cc2)C=C/C1=N/c1ccc(N)cc1Nc1ccccc1. The zero-order valence-corrected chi connectivity index (χ0v) is 42.3. The molecule has 9 N–H and O–H groups in total. The first-order chi connectivity index (χ1) is 36.7. The lowest BCUT2D eigenvalue weighted by Gasteiger charge is -2.15. The third-order valence-corrected chi connectivity index (χ3v) is 13.2. The topological polar surface area (TPSA) is 175 Å². The lowest BCUT2D eigenvalue weighted by atomic mass is 10.0. The van der Waals surface area contributed by atoms with Gasteiger partial charge in [0.2, 0.25) is 16.7 Å². The summed E-state index contributed by atoms with van der Waals surface area (Å²) in [5.41, 5.74) is 27.9. The van der Waals surface area contributed by atoms with Crippen molar-refractivity contribution in [2.75, 3.05) is 48.3 Å². The molecule has 0 atom stereocenters. The van der Waals surface area contributed by atoms with Gasteiger partial charge in [-0.2, -0.15) is 0 Å². The van der Waals surface area contributed by atoms with Gasteiger partial charge in [-0.3, -0.25) is 9.59 Å². The Morgan fingerprint density at radius 1 is 0.533 bits per heavy atom. The Balaban J connectivity index is 0.628. The molecular weight excluding hydrogens is 929 g/mol. The molecule has 1 aliphatic rings. The van der Waals surface area contributed by atoms with E-state index in [2.05, 4.69) is 68.1 Å². The Labute approximate surface area is 439 Å². The second-order valence-electron chi connectivity index (χ2n) is 18.8. The highest BCUT2D eigenvalue weighted by Crippen LogP contribution is 2.32. The molecule has 75 heavy (non-hydrogen) atoms. The summed E-state index contributed by atoms with van der Waals surface area (Å²) in [5, 5.41) is 16.7. The highest BCUT2D eigenvalue weighted by molar-refractivity contribution is 6.13. The first-order valence-corrected chi connectivity index (χ1v) is 26.0. The first kappa shape index (κ1) is 50.9. The Hall–Kier alpha value is -9.03. The number of nitrogen functional groups attached to an aromatic ring is 2. The van der Waals surface area contributed by atoms with Gasteiger partial charge in [-0.15, -0.1) is 4.57 Å². The molecule has 0 bridgehead atoms. The molecular formula is C63H65N10O2+. The Bertz CT molecular complexity index is 3370. The van der Waals surface area contributed by atoms with Gasteiger partial charge in [-0.05, 0) is 139 Å². The number of fused-ring (bicyclic) bond motifs is 2. The third-order valence-electron chi connectivity index (χ3n) is 13.2. The van der Waals surface area contributed by atoms with Crippen LogP contribution in [0.2, 0.25) is 0 Å². The van der Waals surface area contributed by atoms with E-state index in [0.717, 1.165) is 143 Å². The van der Waals surface area contributed by atoms with E-state index in [9.17, 15) is 9.59 Å². The van der Waals surface area contributed by atoms with Crippen molar-refractivity contribution in [1.82, 2.24) is 20.9 Å². The lowest BCUT2D eigenvalue weighted by Crippen LogP contribution is -2.33. The molecule has 0 spiro atoms. The van der Waals surface area contributed by atoms with Crippen LogP contribution < -0.4 is 42.6 Å². The third kappa shape index (κ3) is 13.7. The molecule has 1 aromatic heterocycles. The Morgan fingerprint density at radius 3 is 1.71 bits per heavy atom. The first-order valence-electron chi connectivity index (χ1n) is 26.0. The van der Waals surface area contributed by atoms with Gasteiger partial charge in [-0.1, -0.05) is 92.9 Å². The number of hydrogen-bond donors (Lipinski definition) is 7. The average Bonchev–Trinajstić information content (AvgIpc) is 3.43. The fraction of sp³-hybridized carbons (Fsp3) is 0.190. The largest absolute Gasteiger partial charge is 0.399 e. The van der Waals surface area contributed by atoms with Crippen molar-refractivity contribution in [3.63, 3.8) is 0 Å². The van der Waals surface area contributed by atoms with Gasteiger partial charge in [0.1, 0.15) is 11.0 Å². The lowest BCUT2D eigenvalue weighted by molar-refractivity contribution is -0.538. The molecule has 1 heterocycles. The summed E-state index contributed by atoms with van der Waals surface area (Å²) < 4.78 is 2.22. The van der Waals surface area contributed by atoms with Crippen LogP contribution >= 0.6 is 0 Å². The second-order valence-corrected chi connectivity index (χ2v) is 18.8. The minimum atomic E-state index is -0.0805. The van der Waals surface area contributed by atoms with Gasteiger partial charge >= 0.3 is 0 Å². The molecule has 0 radical (unpaired) electrons. The normalized spacial score (nSPS) is 12.7. The second kappa shape index (κ2) is 25.1. The van der Waals surface area contributed by atoms with Crippen molar-refractivity contribution in [1.29, 1.82) is 0 Å². The van der Waals surface area contributed by atoms with Crippen molar-refractivity contribution < 1.29 is 14.2 Å². The summed E-state index contributed by atoms with van der Waals surface area (Å²) in [6.07, 6.45) is 14.0. The standard InChI is InChI=1S/C63H64N10O2/c1-44-40-52(30-34-55(44)71-56-32-28-49(64)41-59(56)70-51-16-8-6-9-17-51)66-36-12-2-4-14-38-68-62(74)47-24-20-45(21-25-47)46-22-26-48(27-23-46)63(75)69-39-15-5-3-13-37-67-53-31-35-58-61(43-53)73(54-18-10-7-11-19-54)60-42-50(65)29-33-57(60)72-58/h6-11,16-35,40-43,66,70H,1-5,12-15,36-39,64H2,(H4,65,67,68,69,74,75)/p+1/b71-55-. The molecule has 12 nitrogen and oxygen atoms in total. The van der Waals surface area contributed by atoms with Crippen LogP contribution in [0.4, 0.5) is 34.1 Å². The number of rotatable bonds is 23. The molecule has 0 saturated carbocycles. The molecule has 7 aromatic carbocycles. The van der Waals surface area contributed by atoms with Crippen LogP contribution in [-0.4, -0.2) is 48.7 Å². The maximum absolute atomic E-state index is 13.0. The maximum atomic E-state index is 13.0. The van der Waals surface area contributed by atoms with Crippen LogP contribution in [-0.2, 0) is 0 Å². The number of amides is 2. The fourth-order valence-electron chi connectivity index (χ4n) is 9.11. The average molecular weight is 994 g/mol. The van der Waals surface area contributed by atoms with E-state index < -0.39 is 0 Å². The number of nitrogens with one attached hydrogen (secondary N) is 5. The molecule has 0 unspecified atom stereocenters. The Kier molecular flexibility index (Phi) is 17.0. The zero-order valence-electron chi connectivity index (χ0n) is 42.3. The van der Waals surface area contributed by atoms with Crippen LogP contribution in [0, 0.1) is 0 Å². The van der Waals surface area contributed by atoms with Gasteiger partial charge in [0.05, 0.1) is 17.1 Å². The van der Waals surface area contributed by atoms with Crippen LogP contribution in [0.5, 0.6) is 0 Å². The number of nitrogens with zero attached hydrogens (tertiary/aromatic N) is 3. The zero-order chi connectivity index (χ0) is 51.8. The molecule has 378 valence electrons. The molecule has 2 amide bonds. The number of unbranched alkanes of at least 4 members (excludes halogenated alkanes) is 6. The Morgan fingerprint density at radius 2 is 1.08 bits per heavy atom. The van der Waals surface area contributed by atoms with Crippen molar-refractivity contribution in [2.24, 2.45) is 4.99 Å². The van der Waals surface area contributed by atoms with Crippen molar-refractivity contribution in [3.05, 3.63) is 211 Å². The monoisotopic (exact) mass is 994 g/mol. The smallest absolute Gasteiger partial charge is 0.251 e. The van der Waals surface area contributed by atoms with Gasteiger partial charge in [-0.25, -0.2) is 9.98 Å². The molecule has 12 heteroatoms. The van der Waals surface area contributed by atoms with Gasteiger partial charge in [0.25, 0.3) is 11.8 Å². The van der Waals surface area contributed by atoms with Crippen LogP contribution in [0.15, 0.2) is 205 Å². The van der Waals surface area contributed by atoms with E-state index in [1.54, 1.807) is 0 Å². The molecule has 1 aliphatic carbocycles. The number of anilines is 5. The summed E-state index contributed by atoms with van der Waals surface area (Å²) in [7, 11) is 0. The number of nitrogens with two attached hydrogens (primary N) is 2. The van der Waals surface area contributed by atoms with Gasteiger partial charge < -0.3 is 38.1 Å². The maximum Gasteiger partial charge on any atom is 0.251 e. The van der Waals surface area contributed by atoms with E-state index in [4.69, 9.17) is 21.4 Å². The number of carbonyl (C=O) groups is 2. The summed E-state index contributed by atoms with van der Waals surface area (Å²) in [6.45, 7) is 7.19. The highest BCUT2D eigenvalue weighted by Gasteiger charge is 2.20. The summed E-state index contributed by atoms with van der Waals surface area (Å²) in [4.78, 5) is 35.7. The fourth-order valence-corrected chi connectivity index (χ4v) is 9.11. The van der Waals surface area contributed by atoms with E-state index >= 15 is 0 Å². The summed E-state index contributed by atoms with van der Waals surface area (Å²) >= 11 is 0. The summed E-state index contributed by atoms with van der Waals surface area (Å²) in [6, 6.07) is 53.3. The molecule has 0 aliphatic heterocycles. The number of hydrogen-bond acceptors (Lipinski definition) is 9. The van der Waals surface area contributed by atoms with Crippen molar-refractivity contribution in [2.45, 2.75) is 51.4 Å². The van der Waals surface area contributed by atoms with Crippen LogP contribution in [0.25, 0.3) is 38.9 Å². The molecule has 0 saturated heterocycles. The van der Waals surface area contributed by atoms with Crippen molar-refractivity contribution in [3.8, 4) is 16.8 Å².